The molecular formula is C20H24ClO4P. The standard InChI is InChI=1S/C20H24ClO4P/c1-4-5-7-16-13-18(21)10-11-19(16)15-8-6-9-17(12-15)20(22)14-26(23,24-2)25-3/h6,8-13H,4-5,7,14H2,1-3H3. The molecule has 0 aromatic heterocycles. The third-order valence-corrected chi connectivity index (χ3v) is 6.28. The second-order valence-corrected chi connectivity index (χ2v) is 8.75. The maximum Gasteiger partial charge on any atom is 0.337 e. The molecule has 0 bridgehead atoms. The predicted octanol–water partition coefficient (Wildman–Crippen LogP) is 6.02. The molecule has 0 radical (unpaired) electrons. The van der Waals surface area contributed by atoms with Crippen LogP contribution in [0, 0.1) is 0 Å². The highest BCUT2D eigenvalue weighted by Crippen LogP contribution is 2.46. The van der Waals surface area contributed by atoms with E-state index in [1.54, 1.807) is 6.07 Å². The number of hydrogen-bond donors (Lipinski definition) is 0. The van der Waals surface area contributed by atoms with Gasteiger partial charge in [0.15, 0.2) is 5.78 Å². The maximum atomic E-state index is 12.5. The van der Waals surface area contributed by atoms with Gasteiger partial charge in [0.25, 0.3) is 0 Å². The molecule has 0 unspecified atom stereocenters. The van der Waals surface area contributed by atoms with E-state index >= 15 is 0 Å². The molecule has 0 aliphatic heterocycles. The Morgan fingerprint density at radius 2 is 1.85 bits per heavy atom. The highest BCUT2D eigenvalue weighted by Gasteiger charge is 2.26. The largest absolute Gasteiger partial charge is 0.337 e. The highest BCUT2D eigenvalue weighted by molar-refractivity contribution is 7.54. The van der Waals surface area contributed by atoms with Crippen molar-refractivity contribution in [3.05, 3.63) is 58.6 Å². The summed E-state index contributed by atoms with van der Waals surface area (Å²) in [4.78, 5) is 12.5. The first-order valence-corrected chi connectivity index (χ1v) is 10.7. The molecule has 26 heavy (non-hydrogen) atoms. The van der Waals surface area contributed by atoms with Gasteiger partial charge in [-0.05, 0) is 47.7 Å². The minimum Gasteiger partial charge on any atom is -0.312 e. The first kappa shape index (κ1) is 20.9. The van der Waals surface area contributed by atoms with Crippen molar-refractivity contribution in [3.8, 4) is 11.1 Å². The fraction of sp³-hybridized carbons (Fsp3) is 0.350. The average molecular weight is 395 g/mol. The molecule has 140 valence electrons. The molecule has 0 aliphatic rings. The average Bonchev–Trinajstić information content (AvgIpc) is 2.66. The number of Topliss-reactive ketones (excluding diaryl/α,β-unsaturated/α-hetero) is 1. The van der Waals surface area contributed by atoms with Crippen LogP contribution in [0.2, 0.25) is 5.02 Å². The molecular weight excluding hydrogens is 371 g/mol. The van der Waals surface area contributed by atoms with Crippen LogP contribution in [0.5, 0.6) is 0 Å². The van der Waals surface area contributed by atoms with Gasteiger partial charge in [0.2, 0.25) is 0 Å². The Morgan fingerprint density at radius 1 is 1.12 bits per heavy atom. The number of halogens is 1. The van der Waals surface area contributed by atoms with Gasteiger partial charge in [-0.3, -0.25) is 9.36 Å². The second kappa shape index (κ2) is 9.48. The Morgan fingerprint density at radius 3 is 2.50 bits per heavy atom. The fourth-order valence-electron chi connectivity index (χ4n) is 2.75. The van der Waals surface area contributed by atoms with Gasteiger partial charge < -0.3 is 9.05 Å². The normalized spacial score (nSPS) is 11.5. The molecule has 0 atom stereocenters. The van der Waals surface area contributed by atoms with Crippen molar-refractivity contribution in [3.63, 3.8) is 0 Å². The number of ketones is 1. The van der Waals surface area contributed by atoms with Crippen molar-refractivity contribution < 1.29 is 18.4 Å². The molecule has 0 saturated heterocycles. The van der Waals surface area contributed by atoms with Gasteiger partial charge in [0.1, 0.15) is 6.16 Å². The van der Waals surface area contributed by atoms with Crippen LogP contribution >= 0.6 is 19.2 Å². The van der Waals surface area contributed by atoms with Gasteiger partial charge in [0, 0.05) is 24.8 Å². The van der Waals surface area contributed by atoms with Gasteiger partial charge in [-0.2, -0.15) is 0 Å². The first-order valence-electron chi connectivity index (χ1n) is 8.55. The molecule has 0 spiro atoms. The molecule has 2 aromatic rings. The number of carbonyl (C=O) groups excluding carboxylic acids is 1. The molecule has 0 N–H and O–H groups in total. The van der Waals surface area contributed by atoms with Crippen LogP contribution in [0.25, 0.3) is 11.1 Å². The Bertz CT molecular complexity index is 811. The summed E-state index contributed by atoms with van der Waals surface area (Å²) in [7, 11) is -0.829. The van der Waals surface area contributed by atoms with Crippen LogP contribution in [0.3, 0.4) is 0 Å². The summed E-state index contributed by atoms with van der Waals surface area (Å²) in [6.45, 7) is 2.15. The van der Waals surface area contributed by atoms with Crippen LogP contribution in [0.4, 0.5) is 0 Å². The maximum absolute atomic E-state index is 12.5. The molecule has 0 saturated carbocycles. The second-order valence-electron chi connectivity index (χ2n) is 6.04. The lowest BCUT2D eigenvalue weighted by Gasteiger charge is -2.14. The Kier molecular flexibility index (Phi) is 7.60. The summed E-state index contributed by atoms with van der Waals surface area (Å²) in [5.74, 6) is -0.275. The Labute approximate surface area is 160 Å². The van der Waals surface area contributed by atoms with Crippen molar-refractivity contribution in [2.45, 2.75) is 26.2 Å². The smallest absolute Gasteiger partial charge is 0.312 e. The lowest BCUT2D eigenvalue weighted by molar-refractivity contribution is 0.101. The van der Waals surface area contributed by atoms with Crippen LogP contribution in [0.15, 0.2) is 42.5 Å². The Balaban J connectivity index is 2.35. The van der Waals surface area contributed by atoms with Gasteiger partial charge in [0.05, 0.1) is 0 Å². The fourth-order valence-corrected chi connectivity index (χ4v) is 3.89. The summed E-state index contributed by atoms with van der Waals surface area (Å²) >= 11 is 6.16. The monoisotopic (exact) mass is 394 g/mol. The zero-order valence-electron chi connectivity index (χ0n) is 15.3. The summed E-state index contributed by atoms with van der Waals surface area (Å²) in [5, 5.41) is 0.702. The van der Waals surface area contributed by atoms with Crippen LogP contribution < -0.4 is 0 Å². The van der Waals surface area contributed by atoms with Gasteiger partial charge >= 0.3 is 7.60 Å². The zero-order valence-corrected chi connectivity index (χ0v) is 17.0. The summed E-state index contributed by atoms with van der Waals surface area (Å²) in [5.41, 5.74) is 3.62. The predicted molar refractivity (Wildman–Crippen MR) is 106 cm³/mol. The molecule has 0 heterocycles. The van der Waals surface area contributed by atoms with E-state index in [9.17, 15) is 9.36 Å². The minimum absolute atomic E-state index is 0.275. The third-order valence-electron chi connectivity index (χ3n) is 4.26. The number of aryl methyl sites for hydroxylation is 1. The topological polar surface area (TPSA) is 52.6 Å². The first-order chi connectivity index (χ1) is 12.4. The SMILES string of the molecule is CCCCc1cc(Cl)ccc1-c1cccc(C(=O)CP(=O)(OC)OC)c1. The van der Waals surface area contributed by atoms with Crippen LogP contribution in [-0.2, 0) is 20.0 Å². The van der Waals surface area contributed by atoms with E-state index in [1.807, 2.05) is 36.4 Å². The van der Waals surface area contributed by atoms with E-state index < -0.39 is 7.60 Å². The quantitative estimate of drug-likeness (QED) is 0.385. The van der Waals surface area contributed by atoms with E-state index in [4.69, 9.17) is 20.6 Å². The molecule has 2 aromatic carbocycles. The van der Waals surface area contributed by atoms with Crippen molar-refractivity contribution in [1.82, 2.24) is 0 Å². The van der Waals surface area contributed by atoms with Gasteiger partial charge in [-0.1, -0.05) is 49.2 Å². The van der Waals surface area contributed by atoms with Crippen molar-refractivity contribution in [2.75, 3.05) is 20.4 Å². The minimum atomic E-state index is -3.39. The molecule has 0 fully saturated rings. The zero-order chi connectivity index (χ0) is 19.2. The molecule has 0 amide bonds. The van der Waals surface area contributed by atoms with E-state index in [-0.39, 0.29) is 11.9 Å². The summed E-state index contributed by atoms with van der Waals surface area (Å²) < 4.78 is 22.0. The van der Waals surface area contributed by atoms with Crippen LogP contribution in [0.1, 0.15) is 35.7 Å². The molecule has 0 aliphatic carbocycles. The lowest BCUT2D eigenvalue weighted by Crippen LogP contribution is -2.08. The summed E-state index contributed by atoms with van der Waals surface area (Å²) in [6.07, 6.45) is 2.80. The lowest BCUT2D eigenvalue weighted by atomic mass is 9.94. The van der Waals surface area contributed by atoms with Crippen molar-refractivity contribution >= 4 is 25.0 Å². The number of unbranched alkanes of at least 4 members (excludes halogenated alkanes) is 1. The Hall–Kier alpha value is -1.45. The third kappa shape index (κ3) is 5.28. The molecule has 2 rings (SSSR count). The molecule has 4 nitrogen and oxygen atoms in total. The van der Waals surface area contributed by atoms with E-state index in [0.29, 0.717) is 10.6 Å². The number of rotatable bonds is 9. The van der Waals surface area contributed by atoms with E-state index in [2.05, 4.69) is 6.92 Å². The number of benzene rings is 2. The van der Waals surface area contributed by atoms with Crippen molar-refractivity contribution in [2.24, 2.45) is 0 Å². The summed E-state index contributed by atoms with van der Waals surface area (Å²) in [6, 6.07) is 13.1. The van der Waals surface area contributed by atoms with E-state index in [1.165, 1.54) is 14.2 Å². The van der Waals surface area contributed by atoms with E-state index in [0.717, 1.165) is 36.0 Å². The van der Waals surface area contributed by atoms with Gasteiger partial charge in [-0.25, -0.2) is 0 Å². The van der Waals surface area contributed by atoms with Crippen LogP contribution in [-0.4, -0.2) is 26.2 Å². The number of hydrogen-bond acceptors (Lipinski definition) is 4. The number of carbonyl (C=O) groups is 1. The highest BCUT2D eigenvalue weighted by atomic mass is 35.5. The van der Waals surface area contributed by atoms with Gasteiger partial charge in [-0.15, -0.1) is 0 Å². The van der Waals surface area contributed by atoms with Crippen molar-refractivity contribution in [1.29, 1.82) is 0 Å². The molecule has 6 heteroatoms.